The predicted octanol–water partition coefficient (Wildman–Crippen LogP) is 5.19. The monoisotopic (exact) mass is 458 g/mol. The summed E-state index contributed by atoms with van der Waals surface area (Å²) in [6.45, 7) is 8.60. The summed E-state index contributed by atoms with van der Waals surface area (Å²) in [5.41, 5.74) is -0.477. The largest absolute Gasteiger partial charge is 0.469 e. The lowest BCUT2D eigenvalue weighted by atomic mass is 9.44. The second kappa shape index (κ2) is 8.92. The van der Waals surface area contributed by atoms with Gasteiger partial charge in [-0.3, -0.25) is 19.2 Å². The van der Waals surface area contributed by atoms with Crippen LogP contribution in [0.2, 0.25) is 0 Å². The van der Waals surface area contributed by atoms with Gasteiger partial charge in [-0.1, -0.05) is 40.5 Å². The lowest BCUT2D eigenvalue weighted by molar-refractivity contribution is -0.166. The molecule has 33 heavy (non-hydrogen) atoms. The summed E-state index contributed by atoms with van der Waals surface area (Å²) in [6, 6.07) is 0. The van der Waals surface area contributed by atoms with Crippen molar-refractivity contribution >= 4 is 23.3 Å². The van der Waals surface area contributed by atoms with E-state index < -0.39 is 5.41 Å². The molecule has 0 spiro atoms. The van der Waals surface area contributed by atoms with Crippen LogP contribution < -0.4 is 0 Å². The fourth-order valence-electron chi connectivity index (χ4n) is 8.66. The van der Waals surface area contributed by atoms with E-state index in [4.69, 9.17) is 4.74 Å². The minimum atomic E-state index is -0.419. The van der Waals surface area contributed by atoms with Gasteiger partial charge in [0, 0.05) is 37.0 Å². The number of rotatable bonds is 6. The van der Waals surface area contributed by atoms with Gasteiger partial charge in [0.25, 0.3) is 0 Å². The van der Waals surface area contributed by atoms with Gasteiger partial charge in [0.2, 0.25) is 0 Å². The lowest BCUT2D eigenvalue weighted by Gasteiger charge is -2.58. The summed E-state index contributed by atoms with van der Waals surface area (Å²) in [6.07, 6.45) is 7.70. The topological polar surface area (TPSA) is 77.5 Å². The summed E-state index contributed by atoms with van der Waals surface area (Å²) in [7, 11) is 1.43. The third-order valence-corrected chi connectivity index (χ3v) is 10.8. The molecule has 5 nitrogen and oxygen atoms in total. The summed E-state index contributed by atoms with van der Waals surface area (Å²) in [4.78, 5) is 51.1. The van der Waals surface area contributed by atoms with Crippen molar-refractivity contribution in [3.63, 3.8) is 0 Å². The molecule has 0 N–H and O–H groups in total. The van der Waals surface area contributed by atoms with Crippen LogP contribution in [0.4, 0.5) is 0 Å². The zero-order valence-corrected chi connectivity index (χ0v) is 21.2. The van der Waals surface area contributed by atoms with Gasteiger partial charge in [-0.05, 0) is 60.7 Å². The van der Waals surface area contributed by atoms with Crippen LogP contribution in [0.1, 0.15) is 91.9 Å². The third kappa shape index (κ3) is 3.91. The minimum Gasteiger partial charge on any atom is -0.469 e. The first kappa shape index (κ1) is 24.6. The summed E-state index contributed by atoms with van der Waals surface area (Å²) in [5.74, 6) is 1.76. The molecule has 0 saturated heterocycles. The van der Waals surface area contributed by atoms with E-state index in [0.29, 0.717) is 49.1 Å². The van der Waals surface area contributed by atoms with Crippen molar-refractivity contribution in [1.29, 1.82) is 0 Å². The summed E-state index contributed by atoms with van der Waals surface area (Å²) in [5, 5.41) is 0. The first-order chi connectivity index (χ1) is 15.5. The lowest BCUT2D eigenvalue weighted by Crippen LogP contribution is -2.60. The van der Waals surface area contributed by atoms with Crippen molar-refractivity contribution in [3.8, 4) is 0 Å². The number of ether oxygens (including phenoxy) is 1. The molecule has 4 aliphatic rings. The first-order valence-corrected chi connectivity index (χ1v) is 13.2. The Kier molecular flexibility index (Phi) is 6.65. The number of hydrogen-bond donors (Lipinski definition) is 0. The highest BCUT2D eigenvalue weighted by molar-refractivity contribution is 5.93. The molecule has 0 aromatic rings. The van der Waals surface area contributed by atoms with E-state index in [0.717, 1.165) is 38.5 Å². The van der Waals surface area contributed by atoms with Gasteiger partial charge in [-0.25, -0.2) is 0 Å². The smallest absolute Gasteiger partial charge is 0.308 e. The van der Waals surface area contributed by atoms with E-state index in [1.54, 1.807) is 0 Å². The number of carbonyl (C=O) groups excluding carboxylic acids is 4. The second-order valence-electron chi connectivity index (χ2n) is 12.3. The summed E-state index contributed by atoms with van der Waals surface area (Å²) >= 11 is 0. The Bertz CT molecular complexity index is 832. The molecule has 0 radical (unpaired) electrons. The van der Waals surface area contributed by atoms with Crippen molar-refractivity contribution in [2.24, 2.45) is 52.3 Å². The molecule has 5 heteroatoms. The number of hydrogen-bond acceptors (Lipinski definition) is 5. The maximum absolute atomic E-state index is 13.8. The van der Waals surface area contributed by atoms with Crippen molar-refractivity contribution in [3.05, 3.63) is 0 Å². The second-order valence-corrected chi connectivity index (χ2v) is 12.3. The maximum atomic E-state index is 13.8. The van der Waals surface area contributed by atoms with E-state index in [2.05, 4.69) is 20.8 Å². The van der Waals surface area contributed by atoms with Gasteiger partial charge < -0.3 is 4.74 Å². The molecule has 2 unspecified atom stereocenters. The standard InChI is InChI=1S/C28H42O5/c1-16(7-6-8-17(2)26(32)33-5)20-9-10-21-25-22(15-24(31)28(20,21)4)27(3)12-11-19(29)13-18(27)14-23(25)30/h16-18,20-22,25H,6-15H2,1-5H3/t16-,17?,18?,20-,21+,22+,25+,27+,28-/m1/s1. The highest BCUT2D eigenvalue weighted by atomic mass is 16.5. The number of esters is 1. The molecule has 0 heterocycles. The van der Waals surface area contributed by atoms with Crippen LogP contribution in [0.3, 0.4) is 0 Å². The van der Waals surface area contributed by atoms with Crippen molar-refractivity contribution in [2.45, 2.75) is 91.9 Å². The first-order valence-electron chi connectivity index (χ1n) is 13.2. The molecular weight excluding hydrogens is 416 g/mol. The Labute approximate surface area is 198 Å². The quantitative estimate of drug-likeness (QED) is 0.512. The van der Waals surface area contributed by atoms with Crippen LogP contribution >= 0.6 is 0 Å². The van der Waals surface area contributed by atoms with Gasteiger partial charge in [0.1, 0.15) is 17.3 Å². The number of ketones is 3. The molecular formula is C28H42O5. The molecule has 0 amide bonds. The molecule has 9 atom stereocenters. The Hall–Kier alpha value is -1.52. The molecule has 0 bridgehead atoms. The van der Waals surface area contributed by atoms with Crippen molar-refractivity contribution in [1.82, 2.24) is 0 Å². The maximum Gasteiger partial charge on any atom is 0.308 e. The minimum absolute atomic E-state index is 0.0151. The highest BCUT2D eigenvalue weighted by Crippen LogP contribution is 2.66. The number of Topliss-reactive ketones (excluding diaryl/α,β-unsaturated/α-hetero) is 3. The number of fused-ring (bicyclic) bond motifs is 5. The number of carbonyl (C=O) groups is 4. The van der Waals surface area contributed by atoms with E-state index in [-0.39, 0.29) is 46.8 Å². The third-order valence-electron chi connectivity index (χ3n) is 10.8. The normalized spacial score (nSPS) is 42.2. The van der Waals surface area contributed by atoms with Gasteiger partial charge >= 0.3 is 5.97 Å². The Morgan fingerprint density at radius 1 is 1.03 bits per heavy atom. The highest BCUT2D eigenvalue weighted by Gasteiger charge is 2.66. The van der Waals surface area contributed by atoms with Gasteiger partial charge in [-0.15, -0.1) is 0 Å². The van der Waals surface area contributed by atoms with Crippen LogP contribution in [0.5, 0.6) is 0 Å². The summed E-state index contributed by atoms with van der Waals surface area (Å²) < 4.78 is 4.85. The average Bonchev–Trinajstić information content (AvgIpc) is 3.13. The van der Waals surface area contributed by atoms with Crippen LogP contribution in [0, 0.1) is 52.3 Å². The fourth-order valence-corrected chi connectivity index (χ4v) is 8.66. The molecule has 0 aliphatic heterocycles. The molecule has 184 valence electrons. The Morgan fingerprint density at radius 3 is 2.45 bits per heavy atom. The zero-order chi connectivity index (χ0) is 24.1. The molecule has 4 saturated carbocycles. The molecule has 4 fully saturated rings. The van der Waals surface area contributed by atoms with Crippen LogP contribution in [-0.4, -0.2) is 30.4 Å². The molecule has 0 aromatic heterocycles. The van der Waals surface area contributed by atoms with Gasteiger partial charge in [0.05, 0.1) is 13.0 Å². The van der Waals surface area contributed by atoms with E-state index >= 15 is 0 Å². The number of methoxy groups -OCH3 is 1. The van der Waals surface area contributed by atoms with Crippen molar-refractivity contribution < 1.29 is 23.9 Å². The van der Waals surface area contributed by atoms with E-state index in [1.807, 2.05) is 6.92 Å². The van der Waals surface area contributed by atoms with E-state index in [1.165, 1.54) is 7.11 Å². The SMILES string of the molecule is COC(=O)C(C)CCC[C@@H](C)[C@H]1CC[C@H]2[C@@H]3C(=O)CC4CC(=O)CC[C@]4(C)[C@H]3CC(=O)[C@]12C. The van der Waals surface area contributed by atoms with Crippen LogP contribution in [-0.2, 0) is 23.9 Å². The average molecular weight is 459 g/mol. The van der Waals surface area contributed by atoms with Crippen LogP contribution in [0.15, 0.2) is 0 Å². The molecule has 4 aliphatic carbocycles. The van der Waals surface area contributed by atoms with Gasteiger partial charge in [-0.2, -0.15) is 0 Å². The predicted molar refractivity (Wildman–Crippen MR) is 125 cm³/mol. The molecule has 4 rings (SSSR count). The fraction of sp³-hybridized carbons (Fsp3) is 0.857. The Morgan fingerprint density at radius 2 is 1.76 bits per heavy atom. The zero-order valence-electron chi connectivity index (χ0n) is 21.2. The Balaban J connectivity index is 1.50. The van der Waals surface area contributed by atoms with Crippen LogP contribution in [0.25, 0.3) is 0 Å². The van der Waals surface area contributed by atoms with E-state index in [9.17, 15) is 19.2 Å². The van der Waals surface area contributed by atoms with Crippen molar-refractivity contribution in [2.75, 3.05) is 7.11 Å². The van der Waals surface area contributed by atoms with Gasteiger partial charge in [0.15, 0.2) is 0 Å². The molecule has 0 aromatic carbocycles.